The van der Waals surface area contributed by atoms with Gasteiger partial charge < -0.3 is 9.80 Å². The fraction of sp³-hybridized carbons (Fsp3) is 0.462. The molecule has 1 unspecified atom stereocenters. The summed E-state index contributed by atoms with van der Waals surface area (Å²) in [6.07, 6.45) is 0. The first-order chi connectivity index (χ1) is 8.18. The van der Waals surface area contributed by atoms with Crippen molar-refractivity contribution in [3.63, 3.8) is 0 Å². The SMILES string of the molecule is CN(C)CCN1CNC(c2ccccc2)C1=O. The number of nitrogens with one attached hydrogen (secondary N) is 1. The Morgan fingerprint density at radius 2 is 2.06 bits per heavy atom. The van der Waals surface area contributed by atoms with Gasteiger partial charge in [-0.15, -0.1) is 0 Å². The highest BCUT2D eigenvalue weighted by molar-refractivity contribution is 5.85. The molecule has 0 radical (unpaired) electrons. The van der Waals surface area contributed by atoms with Crippen molar-refractivity contribution in [3.8, 4) is 0 Å². The van der Waals surface area contributed by atoms with E-state index in [1.54, 1.807) is 0 Å². The maximum absolute atomic E-state index is 12.2. The van der Waals surface area contributed by atoms with Crippen LogP contribution < -0.4 is 5.32 Å². The first-order valence-electron chi connectivity index (χ1n) is 5.90. The van der Waals surface area contributed by atoms with Crippen LogP contribution in [0, 0.1) is 0 Å². The highest BCUT2D eigenvalue weighted by Crippen LogP contribution is 2.19. The number of likely N-dealkylation sites (N-methyl/N-ethyl adjacent to an activating group) is 1. The van der Waals surface area contributed by atoms with Crippen LogP contribution in [0.5, 0.6) is 0 Å². The summed E-state index contributed by atoms with van der Waals surface area (Å²) in [6.45, 7) is 2.32. The van der Waals surface area contributed by atoms with Crippen molar-refractivity contribution in [3.05, 3.63) is 35.9 Å². The van der Waals surface area contributed by atoms with E-state index < -0.39 is 0 Å². The topological polar surface area (TPSA) is 35.6 Å². The molecule has 1 amide bonds. The number of nitrogens with zero attached hydrogens (tertiary/aromatic N) is 2. The van der Waals surface area contributed by atoms with E-state index in [1.165, 1.54) is 0 Å². The van der Waals surface area contributed by atoms with Gasteiger partial charge in [0.2, 0.25) is 5.91 Å². The molecule has 4 nitrogen and oxygen atoms in total. The molecule has 0 spiro atoms. The molecule has 1 aliphatic heterocycles. The average molecular weight is 233 g/mol. The van der Waals surface area contributed by atoms with Crippen molar-refractivity contribution in [2.75, 3.05) is 33.9 Å². The van der Waals surface area contributed by atoms with Crippen LogP contribution in [0.3, 0.4) is 0 Å². The van der Waals surface area contributed by atoms with Crippen LogP contribution in [0.4, 0.5) is 0 Å². The summed E-state index contributed by atoms with van der Waals surface area (Å²) in [5.41, 5.74) is 1.05. The Hall–Kier alpha value is -1.39. The Labute approximate surface area is 102 Å². The van der Waals surface area contributed by atoms with Gasteiger partial charge in [-0.2, -0.15) is 0 Å². The van der Waals surface area contributed by atoms with Crippen molar-refractivity contribution in [2.45, 2.75) is 6.04 Å². The molecular formula is C13H19N3O. The molecule has 1 aromatic carbocycles. The molecule has 1 aromatic rings. The van der Waals surface area contributed by atoms with Crippen LogP contribution in [-0.4, -0.2) is 49.6 Å². The van der Waals surface area contributed by atoms with Crippen LogP contribution >= 0.6 is 0 Å². The minimum absolute atomic E-state index is 0.168. The molecule has 1 N–H and O–H groups in total. The molecule has 2 rings (SSSR count). The molecule has 0 bridgehead atoms. The smallest absolute Gasteiger partial charge is 0.245 e. The number of hydrogen-bond donors (Lipinski definition) is 1. The molecule has 17 heavy (non-hydrogen) atoms. The van der Waals surface area contributed by atoms with Crippen LogP contribution in [0.1, 0.15) is 11.6 Å². The predicted molar refractivity (Wildman–Crippen MR) is 67.5 cm³/mol. The van der Waals surface area contributed by atoms with Gasteiger partial charge in [-0.1, -0.05) is 30.3 Å². The summed E-state index contributed by atoms with van der Waals surface area (Å²) in [4.78, 5) is 16.1. The fourth-order valence-electron chi connectivity index (χ4n) is 1.97. The number of amides is 1. The summed E-state index contributed by atoms with van der Waals surface area (Å²) in [5.74, 6) is 0.179. The summed E-state index contributed by atoms with van der Waals surface area (Å²) in [6, 6.07) is 9.71. The van der Waals surface area contributed by atoms with E-state index in [4.69, 9.17) is 0 Å². The average Bonchev–Trinajstić information content (AvgIpc) is 2.69. The quantitative estimate of drug-likeness (QED) is 0.830. The Bertz CT molecular complexity index is 378. The van der Waals surface area contributed by atoms with Crippen LogP contribution in [0.2, 0.25) is 0 Å². The normalized spacial score (nSPS) is 20.3. The number of hydrogen-bond acceptors (Lipinski definition) is 3. The Kier molecular flexibility index (Phi) is 3.76. The largest absolute Gasteiger partial charge is 0.327 e. The van der Waals surface area contributed by atoms with Gasteiger partial charge in [-0.05, 0) is 19.7 Å². The van der Waals surface area contributed by atoms with Crippen molar-refractivity contribution < 1.29 is 4.79 Å². The van der Waals surface area contributed by atoms with E-state index in [0.717, 1.165) is 18.7 Å². The minimum Gasteiger partial charge on any atom is -0.327 e. The Morgan fingerprint density at radius 3 is 2.71 bits per heavy atom. The van der Waals surface area contributed by atoms with Crippen molar-refractivity contribution in [1.29, 1.82) is 0 Å². The fourth-order valence-corrected chi connectivity index (χ4v) is 1.97. The minimum atomic E-state index is -0.168. The molecule has 0 aromatic heterocycles. The summed E-state index contributed by atoms with van der Waals surface area (Å²) < 4.78 is 0. The molecule has 1 fully saturated rings. The number of rotatable bonds is 4. The lowest BCUT2D eigenvalue weighted by Crippen LogP contribution is -2.33. The van der Waals surface area contributed by atoms with Crippen LogP contribution in [0.25, 0.3) is 0 Å². The van der Waals surface area contributed by atoms with Gasteiger partial charge in [0, 0.05) is 13.1 Å². The van der Waals surface area contributed by atoms with Gasteiger partial charge in [-0.3, -0.25) is 10.1 Å². The maximum Gasteiger partial charge on any atom is 0.245 e. The third-order valence-corrected chi connectivity index (χ3v) is 2.99. The Morgan fingerprint density at radius 1 is 1.35 bits per heavy atom. The van der Waals surface area contributed by atoms with E-state index in [0.29, 0.717) is 6.67 Å². The summed E-state index contributed by atoms with van der Waals surface area (Å²) >= 11 is 0. The van der Waals surface area contributed by atoms with Gasteiger partial charge in [0.25, 0.3) is 0 Å². The zero-order valence-electron chi connectivity index (χ0n) is 10.4. The van der Waals surface area contributed by atoms with E-state index in [-0.39, 0.29) is 11.9 Å². The van der Waals surface area contributed by atoms with Gasteiger partial charge in [-0.25, -0.2) is 0 Å². The second-order valence-electron chi connectivity index (χ2n) is 4.61. The van der Waals surface area contributed by atoms with E-state index in [2.05, 4.69) is 10.2 Å². The second-order valence-corrected chi connectivity index (χ2v) is 4.61. The molecule has 4 heteroatoms. The number of carbonyl (C=O) groups is 1. The van der Waals surface area contributed by atoms with Crippen molar-refractivity contribution >= 4 is 5.91 Å². The molecular weight excluding hydrogens is 214 g/mol. The molecule has 1 saturated heterocycles. The summed E-state index contributed by atoms with van der Waals surface area (Å²) in [5, 5.41) is 3.25. The molecule has 1 atom stereocenters. The van der Waals surface area contributed by atoms with Crippen LogP contribution in [-0.2, 0) is 4.79 Å². The maximum atomic E-state index is 12.2. The second kappa shape index (κ2) is 5.29. The van der Waals surface area contributed by atoms with Gasteiger partial charge in [0.05, 0.1) is 6.67 Å². The number of carbonyl (C=O) groups excluding carboxylic acids is 1. The van der Waals surface area contributed by atoms with Gasteiger partial charge >= 0.3 is 0 Å². The third kappa shape index (κ3) is 2.84. The zero-order chi connectivity index (χ0) is 12.3. The molecule has 1 aliphatic rings. The van der Waals surface area contributed by atoms with Gasteiger partial charge in [0.15, 0.2) is 0 Å². The molecule has 1 heterocycles. The third-order valence-electron chi connectivity index (χ3n) is 2.99. The van der Waals surface area contributed by atoms with Gasteiger partial charge in [0.1, 0.15) is 6.04 Å². The zero-order valence-corrected chi connectivity index (χ0v) is 10.4. The predicted octanol–water partition coefficient (Wildman–Crippen LogP) is 0.679. The first kappa shape index (κ1) is 12.1. The number of benzene rings is 1. The standard InChI is InChI=1S/C13H19N3O/c1-15(2)8-9-16-10-14-12(13(16)17)11-6-4-3-5-7-11/h3-7,12,14H,8-10H2,1-2H3. The highest BCUT2D eigenvalue weighted by Gasteiger charge is 2.31. The lowest BCUT2D eigenvalue weighted by molar-refractivity contribution is -0.129. The molecule has 0 saturated carbocycles. The first-order valence-corrected chi connectivity index (χ1v) is 5.90. The van der Waals surface area contributed by atoms with E-state index in [9.17, 15) is 4.79 Å². The van der Waals surface area contributed by atoms with Crippen molar-refractivity contribution in [2.24, 2.45) is 0 Å². The highest BCUT2D eigenvalue weighted by atomic mass is 16.2. The lowest BCUT2D eigenvalue weighted by atomic mass is 10.1. The van der Waals surface area contributed by atoms with E-state index in [1.807, 2.05) is 49.3 Å². The van der Waals surface area contributed by atoms with Crippen LogP contribution in [0.15, 0.2) is 30.3 Å². The van der Waals surface area contributed by atoms with E-state index >= 15 is 0 Å². The lowest BCUT2D eigenvalue weighted by Gasteiger charge is -2.18. The van der Waals surface area contributed by atoms with Crippen molar-refractivity contribution in [1.82, 2.24) is 15.1 Å². The summed E-state index contributed by atoms with van der Waals surface area (Å²) in [7, 11) is 4.03. The molecule has 92 valence electrons. The monoisotopic (exact) mass is 233 g/mol. The molecule has 0 aliphatic carbocycles. The Balaban J connectivity index is 1.98.